The van der Waals surface area contributed by atoms with E-state index < -0.39 is 6.10 Å². The van der Waals surface area contributed by atoms with Gasteiger partial charge in [0.2, 0.25) is 0 Å². The average Bonchev–Trinajstić information content (AvgIpc) is 2.36. The van der Waals surface area contributed by atoms with E-state index in [-0.39, 0.29) is 0 Å². The van der Waals surface area contributed by atoms with Gasteiger partial charge in [0.15, 0.2) is 4.67 Å². The summed E-state index contributed by atoms with van der Waals surface area (Å²) < 4.78 is 5.73. The third-order valence-corrected chi connectivity index (χ3v) is 1.95. The Balaban J connectivity index is 2.60. The lowest BCUT2D eigenvalue weighted by Gasteiger charge is -2.02. The van der Waals surface area contributed by atoms with Crippen LogP contribution in [0.4, 0.5) is 0 Å². The molecule has 1 N–H and O–H groups in total. The van der Waals surface area contributed by atoms with Gasteiger partial charge in [0, 0.05) is 5.88 Å². The second kappa shape index (κ2) is 4.14. The standard InChI is InChI=1S/C7H8BrClO2/c8-7-2-1-6(11-7)5(10)3-4-9/h1-2,5,10H,3-4H2/t5-/m1/s1. The molecule has 62 valence electrons. The van der Waals surface area contributed by atoms with Gasteiger partial charge in [-0.3, -0.25) is 0 Å². The van der Waals surface area contributed by atoms with Crippen LogP contribution in [-0.2, 0) is 0 Å². The van der Waals surface area contributed by atoms with Crippen LogP contribution >= 0.6 is 27.5 Å². The summed E-state index contributed by atoms with van der Waals surface area (Å²) in [6.07, 6.45) is -0.0691. The highest BCUT2D eigenvalue weighted by Gasteiger charge is 2.10. The van der Waals surface area contributed by atoms with Gasteiger partial charge in [-0.1, -0.05) is 0 Å². The van der Waals surface area contributed by atoms with E-state index in [1.165, 1.54) is 0 Å². The largest absolute Gasteiger partial charge is 0.452 e. The van der Waals surface area contributed by atoms with Crippen LogP contribution < -0.4 is 0 Å². The molecule has 0 aliphatic rings. The first-order valence-corrected chi connectivity index (χ1v) is 4.56. The summed E-state index contributed by atoms with van der Waals surface area (Å²) in [6, 6.07) is 3.47. The molecule has 1 heterocycles. The lowest BCUT2D eigenvalue weighted by atomic mass is 10.2. The Labute approximate surface area is 78.3 Å². The molecule has 1 aromatic rings. The van der Waals surface area contributed by atoms with Crippen LogP contribution in [-0.4, -0.2) is 11.0 Å². The van der Waals surface area contributed by atoms with Crippen molar-refractivity contribution in [2.24, 2.45) is 0 Å². The molecule has 0 saturated heterocycles. The van der Waals surface area contributed by atoms with Gasteiger partial charge in [-0.25, -0.2) is 0 Å². The minimum Gasteiger partial charge on any atom is -0.452 e. The maximum atomic E-state index is 9.33. The summed E-state index contributed by atoms with van der Waals surface area (Å²) in [4.78, 5) is 0. The van der Waals surface area contributed by atoms with E-state index in [4.69, 9.17) is 16.0 Å². The second-order valence-corrected chi connectivity index (χ2v) is 3.29. The number of aliphatic hydroxyl groups excluding tert-OH is 1. The molecule has 0 aromatic carbocycles. The van der Waals surface area contributed by atoms with Gasteiger partial charge < -0.3 is 9.52 Å². The highest BCUT2D eigenvalue weighted by atomic mass is 79.9. The summed E-state index contributed by atoms with van der Waals surface area (Å²) in [7, 11) is 0. The lowest BCUT2D eigenvalue weighted by molar-refractivity contribution is 0.145. The Hall–Kier alpha value is 0.01000. The normalized spacial score (nSPS) is 13.4. The fourth-order valence-electron chi connectivity index (χ4n) is 0.753. The van der Waals surface area contributed by atoms with Crippen molar-refractivity contribution in [2.75, 3.05) is 5.88 Å². The highest BCUT2D eigenvalue weighted by molar-refractivity contribution is 9.10. The van der Waals surface area contributed by atoms with Crippen molar-refractivity contribution in [2.45, 2.75) is 12.5 Å². The zero-order valence-corrected chi connectivity index (χ0v) is 8.10. The zero-order valence-electron chi connectivity index (χ0n) is 5.76. The van der Waals surface area contributed by atoms with E-state index in [1.54, 1.807) is 12.1 Å². The molecular formula is C7H8BrClO2. The number of rotatable bonds is 3. The predicted octanol–water partition coefficient (Wildman–Crippen LogP) is 2.70. The quantitative estimate of drug-likeness (QED) is 0.823. The number of halogens is 2. The molecule has 4 heteroatoms. The third kappa shape index (κ3) is 2.51. The number of hydrogen-bond acceptors (Lipinski definition) is 2. The van der Waals surface area contributed by atoms with E-state index in [2.05, 4.69) is 15.9 Å². The van der Waals surface area contributed by atoms with Gasteiger partial charge in [0.1, 0.15) is 11.9 Å². The van der Waals surface area contributed by atoms with Gasteiger partial charge in [-0.05, 0) is 34.5 Å². The molecule has 0 aliphatic carbocycles. The molecule has 0 bridgehead atoms. The number of hydrogen-bond donors (Lipinski definition) is 1. The topological polar surface area (TPSA) is 33.4 Å². The average molecular weight is 239 g/mol. The van der Waals surface area contributed by atoms with E-state index in [0.717, 1.165) is 0 Å². The molecule has 0 radical (unpaired) electrons. The van der Waals surface area contributed by atoms with E-state index in [0.29, 0.717) is 22.7 Å². The van der Waals surface area contributed by atoms with Gasteiger partial charge in [-0.2, -0.15) is 0 Å². The smallest absolute Gasteiger partial charge is 0.169 e. The maximum absolute atomic E-state index is 9.33. The zero-order chi connectivity index (χ0) is 8.27. The first-order valence-electron chi connectivity index (χ1n) is 3.23. The molecule has 0 unspecified atom stereocenters. The number of alkyl halides is 1. The Morgan fingerprint density at radius 2 is 2.36 bits per heavy atom. The first-order chi connectivity index (χ1) is 5.24. The summed E-state index contributed by atoms with van der Waals surface area (Å²) in [5.74, 6) is 0.983. The van der Waals surface area contributed by atoms with E-state index >= 15 is 0 Å². The Morgan fingerprint density at radius 3 is 2.82 bits per heavy atom. The maximum Gasteiger partial charge on any atom is 0.169 e. The fourth-order valence-corrected chi connectivity index (χ4v) is 1.28. The fraction of sp³-hybridized carbons (Fsp3) is 0.429. The number of furan rings is 1. The minimum absolute atomic E-state index is 0.430. The molecule has 1 rings (SSSR count). The van der Waals surface area contributed by atoms with Gasteiger partial charge in [-0.15, -0.1) is 11.6 Å². The summed E-state index contributed by atoms with van der Waals surface area (Å²) in [5.41, 5.74) is 0. The van der Waals surface area contributed by atoms with Crippen molar-refractivity contribution in [1.29, 1.82) is 0 Å². The number of aliphatic hydroxyl groups is 1. The molecular weight excluding hydrogens is 231 g/mol. The molecule has 11 heavy (non-hydrogen) atoms. The summed E-state index contributed by atoms with van der Waals surface area (Å²) in [6.45, 7) is 0. The Bertz CT molecular complexity index is 224. The Kier molecular flexibility index (Phi) is 3.43. The van der Waals surface area contributed by atoms with Crippen LogP contribution in [0.2, 0.25) is 0 Å². The third-order valence-electron chi connectivity index (χ3n) is 1.30. The minimum atomic E-state index is -0.584. The van der Waals surface area contributed by atoms with Gasteiger partial charge in [0.25, 0.3) is 0 Å². The first kappa shape index (κ1) is 9.10. The van der Waals surface area contributed by atoms with E-state index in [1.807, 2.05) is 0 Å². The molecule has 0 aliphatic heterocycles. The molecule has 0 fully saturated rings. The SMILES string of the molecule is O[C@H](CCCl)c1ccc(Br)o1. The Morgan fingerprint density at radius 1 is 1.64 bits per heavy atom. The molecule has 1 atom stereocenters. The van der Waals surface area contributed by atoms with Crippen LogP contribution in [0.1, 0.15) is 18.3 Å². The van der Waals surface area contributed by atoms with Crippen LogP contribution in [0, 0.1) is 0 Å². The predicted molar refractivity (Wildman–Crippen MR) is 46.7 cm³/mol. The van der Waals surface area contributed by atoms with Crippen LogP contribution in [0.3, 0.4) is 0 Å². The van der Waals surface area contributed by atoms with Gasteiger partial charge in [0.05, 0.1) is 0 Å². The van der Waals surface area contributed by atoms with Crippen LogP contribution in [0.25, 0.3) is 0 Å². The molecule has 1 aromatic heterocycles. The van der Waals surface area contributed by atoms with Crippen molar-refractivity contribution >= 4 is 27.5 Å². The summed E-state index contributed by atoms with van der Waals surface area (Å²) >= 11 is 8.58. The second-order valence-electron chi connectivity index (χ2n) is 2.14. The van der Waals surface area contributed by atoms with Gasteiger partial charge >= 0.3 is 0 Å². The molecule has 0 amide bonds. The lowest BCUT2D eigenvalue weighted by Crippen LogP contribution is -1.95. The van der Waals surface area contributed by atoms with Crippen LogP contribution in [0.5, 0.6) is 0 Å². The van der Waals surface area contributed by atoms with Crippen molar-refractivity contribution in [3.63, 3.8) is 0 Å². The molecule has 0 saturated carbocycles. The van der Waals surface area contributed by atoms with Crippen molar-refractivity contribution in [3.05, 3.63) is 22.6 Å². The molecule has 2 nitrogen and oxygen atoms in total. The van der Waals surface area contributed by atoms with Crippen LogP contribution in [0.15, 0.2) is 21.2 Å². The van der Waals surface area contributed by atoms with Crippen molar-refractivity contribution < 1.29 is 9.52 Å². The monoisotopic (exact) mass is 238 g/mol. The summed E-state index contributed by atoms with van der Waals surface area (Å²) in [5, 5.41) is 9.33. The van der Waals surface area contributed by atoms with Crippen molar-refractivity contribution in [1.82, 2.24) is 0 Å². The van der Waals surface area contributed by atoms with E-state index in [9.17, 15) is 5.11 Å². The molecule has 0 spiro atoms. The highest BCUT2D eigenvalue weighted by Crippen LogP contribution is 2.22. The van der Waals surface area contributed by atoms with Crippen molar-refractivity contribution in [3.8, 4) is 0 Å².